The van der Waals surface area contributed by atoms with Crippen LogP contribution >= 0.6 is 11.3 Å². The van der Waals surface area contributed by atoms with Gasteiger partial charge in [-0.2, -0.15) is 4.31 Å². The van der Waals surface area contributed by atoms with Crippen molar-refractivity contribution in [3.05, 3.63) is 35.1 Å². The topological polar surface area (TPSA) is 75.6 Å². The summed E-state index contributed by atoms with van der Waals surface area (Å²) in [6.07, 6.45) is 7.66. The van der Waals surface area contributed by atoms with Crippen molar-refractivity contribution in [2.24, 2.45) is 0 Å². The van der Waals surface area contributed by atoms with Crippen molar-refractivity contribution in [3.63, 3.8) is 0 Å². The number of fused-ring (bicyclic) bond motifs is 1. The van der Waals surface area contributed by atoms with E-state index in [-0.39, 0.29) is 12.1 Å². The van der Waals surface area contributed by atoms with Crippen molar-refractivity contribution in [1.82, 2.24) is 19.2 Å². The second kappa shape index (κ2) is 7.61. The predicted molar refractivity (Wildman–Crippen MR) is 111 cm³/mol. The number of hydrogen-bond donors (Lipinski definition) is 0. The van der Waals surface area contributed by atoms with Crippen molar-refractivity contribution in [2.75, 3.05) is 26.2 Å². The minimum absolute atomic E-state index is 0.0251. The first-order chi connectivity index (χ1) is 14.0. The average Bonchev–Trinajstić information content (AvgIpc) is 3.31. The number of piperazine rings is 1. The third-order valence-corrected chi connectivity index (χ3v) is 9.61. The quantitative estimate of drug-likeness (QED) is 0.695. The van der Waals surface area contributed by atoms with Gasteiger partial charge in [-0.25, -0.2) is 13.4 Å². The number of ether oxygens (including phenoxy) is 1. The Hall–Kier alpha value is -1.55. The molecular weight excluding hydrogens is 408 g/mol. The monoisotopic (exact) mass is 434 g/mol. The van der Waals surface area contributed by atoms with Crippen LogP contribution < -0.4 is 4.74 Å². The Morgan fingerprint density at radius 1 is 1.17 bits per heavy atom. The summed E-state index contributed by atoms with van der Waals surface area (Å²) in [5, 5.41) is 0. The van der Waals surface area contributed by atoms with Crippen molar-refractivity contribution < 1.29 is 13.2 Å². The molecule has 0 amide bonds. The second-order valence-corrected chi connectivity index (χ2v) is 11.4. The minimum Gasteiger partial charge on any atom is -0.472 e. The number of hydrogen-bond acceptors (Lipinski definition) is 7. The number of rotatable bonds is 6. The van der Waals surface area contributed by atoms with E-state index in [2.05, 4.69) is 14.9 Å². The van der Waals surface area contributed by atoms with Gasteiger partial charge in [0.1, 0.15) is 10.3 Å². The Bertz CT molecular complexity index is 972. The molecule has 3 fully saturated rings. The van der Waals surface area contributed by atoms with E-state index in [1.807, 2.05) is 19.2 Å². The van der Waals surface area contributed by atoms with E-state index >= 15 is 0 Å². The minimum atomic E-state index is -3.41. The fourth-order valence-electron chi connectivity index (χ4n) is 4.23. The zero-order valence-electron chi connectivity index (χ0n) is 16.5. The number of aryl methyl sites for hydroxylation is 1. The van der Waals surface area contributed by atoms with E-state index in [0.717, 1.165) is 36.5 Å². The van der Waals surface area contributed by atoms with Gasteiger partial charge in [-0.1, -0.05) is 6.92 Å². The summed E-state index contributed by atoms with van der Waals surface area (Å²) in [5.41, 5.74) is 1.06. The van der Waals surface area contributed by atoms with Crippen LogP contribution in [0.2, 0.25) is 0 Å². The standard InChI is InChI=1S/C20H26N4O3S2/c1-2-17-5-6-20(28-17)29(25,26)24-8-7-23-13-16(9-15(23)12-24)27-19-11-21-18(10-22-19)14-3-4-14/h5-6,10-11,14-16H,2-4,7-9,12-13H2,1H3/t15-,16-/m0/s1. The van der Waals surface area contributed by atoms with Gasteiger partial charge in [0.2, 0.25) is 5.88 Å². The summed E-state index contributed by atoms with van der Waals surface area (Å²) < 4.78 is 34.2. The van der Waals surface area contributed by atoms with Gasteiger partial charge in [-0.15, -0.1) is 11.3 Å². The Morgan fingerprint density at radius 3 is 2.72 bits per heavy atom. The lowest BCUT2D eigenvalue weighted by Crippen LogP contribution is -2.51. The van der Waals surface area contributed by atoms with E-state index in [0.29, 0.717) is 29.1 Å². The van der Waals surface area contributed by atoms with E-state index in [1.54, 1.807) is 16.6 Å². The van der Waals surface area contributed by atoms with Crippen molar-refractivity contribution >= 4 is 21.4 Å². The molecule has 1 saturated carbocycles. The first-order valence-electron chi connectivity index (χ1n) is 10.3. The van der Waals surface area contributed by atoms with Crippen LogP contribution in [-0.2, 0) is 16.4 Å². The third-order valence-electron chi connectivity index (χ3n) is 6.05. The molecule has 2 saturated heterocycles. The SMILES string of the molecule is CCc1ccc(S(=O)(=O)N2CCN3C[C@@H](Oc4cnc(C5CC5)cn4)C[C@H]3C2)s1. The molecule has 5 rings (SSSR count). The molecular formula is C20H26N4O3S2. The molecule has 0 spiro atoms. The molecule has 1 aliphatic carbocycles. The molecule has 2 aromatic rings. The normalized spacial score (nSPS) is 25.8. The van der Waals surface area contributed by atoms with Gasteiger partial charge >= 0.3 is 0 Å². The van der Waals surface area contributed by atoms with Crippen molar-refractivity contribution in [1.29, 1.82) is 0 Å². The molecule has 2 aromatic heterocycles. The third kappa shape index (κ3) is 3.93. The Labute approximate surface area is 175 Å². The van der Waals surface area contributed by atoms with E-state index in [9.17, 15) is 8.42 Å². The highest BCUT2D eigenvalue weighted by Crippen LogP contribution is 2.38. The highest BCUT2D eigenvalue weighted by molar-refractivity contribution is 7.91. The van der Waals surface area contributed by atoms with Gasteiger partial charge in [0.25, 0.3) is 10.0 Å². The first kappa shape index (κ1) is 19.4. The van der Waals surface area contributed by atoms with Gasteiger partial charge in [0, 0.05) is 49.4 Å². The highest BCUT2D eigenvalue weighted by Gasteiger charge is 2.41. The largest absolute Gasteiger partial charge is 0.472 e. The number of thiophene rings is 1. The predicted octanol–water partition coefficient (Wildman–Crippen LogP) is 2.50. The molecule has 2 aliphatic heterocycles. The lowest BCUT2D eigenvalue weighted by molar-refractivity contribution is 0.151. The van der Waals surface area contributed by atoms with E-state index in [1.165, 1.54) is 24.2 Å². The smallest absolute Gasteiger partial charge is 0.252 e. The van der Waals surface area contributed by atoms with Gasteiger partial charge in [0.15, 0.2) is 0 Å². The second-order valence-electron chi connectivity index (χ2n) is 8.12. The van der Waals surface area contributed by atoms with Gasteiger partial charge in [-0.3, -0.25) is 9.88 Å². The van der Waals surface area contributed by atoms with Crippen LogP contribution in [0, 0.1) is 0 Å². The Kier molecular flexibility index (Phi) is 5.09. The number of sulfonamides is 1. The molecule has 9 heteroatoms. The molecule has 0 unspecified atom stereocenters. The maximum atomic E-state index is 13.0. The molecule has 7 nitrogen and oxygen atoms in total. The molecule has 0 bridgehead atoms. The lowest BCUT2D eigenvalue weighted by atomic mass is 10.2. The lowest BCUT2D eigenvalue weighted by Gasteiger charge is -2.36. The average molecular weight is 435 g/mol. The maximum Gasteiger partial charge on any atom is 0.252 e. The fourth-order valence-corrected chi connectivity index (χ4v) is 7.15. The Balaban J connectivity index is 1.22. The molecule has 3 aliphatic rings. The first-order valence-corrected chi connectivity index (χ1v) is 12.6. The summed E-state index contributed by atoms with van der Waals surface area (Å²) in [7, 11) is -3.41. The van der Waals surface area contributed by atoms with Crippen LogP contribution in [0.4, 0.5) is 0 Å². The molecule has 2 atom stereocenters. The van der Waals surface area contributed by atoms with Crippen LogP contribution in [0.3, 0.4) is 0 Å². The molecule has 29 heavy (non-hydrogen) atoms. The van der Waals surface area contributed by atoms with Crippen LogP contribution in [-0.4, -0.2) is 65.9 Å². The summed E-state index contributed by atoms with van der Waals surface area (Å²) >= 11 is 1.39. The van der Waals surface area contributed by atoms with E-state index < -0.39 is 10.0 Å². The number of nitrogens with zero attached hydrogens (tertiary/aromatic N) is 4. The van der Waals surface area contributed by atoms with Crippen LogP contribution in [0.5, 0.6) is 5.88 Å². The summed E-state index contributed by atoms with van der Waals surface area (Å²) in [6, 6.07) is 3.85. The number of aromatic nitrogens is 2. The van der Waals surface area contributed by atoms with E-state index in [4.69, 9.17) is 4.74 Å². The summed E-state index contributed by atoms with van der Waals surface area (Å²) in [5.74, 6) is 1.15. The van der Waals surface area contributed by atoms with Gasteiger partial charge in [-0.05, 0) is 31.4 Å². The Morgan fingerprint density at radius 2 is 2.03 bits per heavy atom. The summed E-state index contributed by atoms with van der Waals surface area (Å²) in [6.45, 7) is 4.64. The van der Waals surface area contributed by atoms with Crippen molar-refractivity contribution in [2.45, 2.75) is 54.9 Å². The maximum absolute atomic E-state index is 13.0. The van der Waals surface area contributed by atoms with Gasteiger partial charge < -0.3 is 4.74 Å². The molecule has 4 heterocycles. The fraction of sp³-hybridized carbons (Fsp3) is 0.600. The highest BCUT2D eigenvalue weighted by atomic mass is 32.2. The molecule has 0 aromatic carbocycles. The zero-order chi connectivity index (χ0) is 20.0. The van der Waals surface area contributed by atoms with Crippen LogP contribution in [0.1, 0.15) is 42.7 Å². The molecule has 156 valence electrons. The van der Waals surface area contributed by atoms with Gasteiger partial charge in [0.05, 0.1) is 18.1 Å². The molecule has 0 N–H and O–H groups in total. The zero-order valence-corrected chi connectivity index (χ0v) is 18.2. The summed E-state index contributed by atoms with van der Waals surface area (Å²) in [4.78, 5) is 12.3. The van der Waals surface area contributed by atoms with Crippen molar-refractivity contribution in [3.8, 4) is 5.88 Å². The van der Waals surface area contributed by atoms with Crippen LogP contribution in [0.15, 0.2) is 28.7 Å². The molecule has 0 radical (unpaired) electrons. The van der Waals surface area contributed by atoms with Crippen LogP contribution in [0.25, 0.3) is 0 Å².